The van der Waals surface area contributed by atoms with E-state index in [2.05, 4.69) is 32.5 Å². The molecule has 1 saturated carbocycles. The van der Waals surface area contributed by atoms with Crippen molar-refractivity contribution < 1.29 is 31.6 Å². The molecule has 2 aliphatic rings. The van der Waals surface area contributed by atoms with Crippen molar-refractivity contribution in [1.82, 2.24) is 24.9 Å². The lowest BCUT2D eigenvalue weighted by Gasteiger charge is -2.37. The van der Waals surface area contributed by atoms with Gasteiger partial charge in [0.2, 0.25) is 5.91 Å². The summed E-state index contributed by atoms with van der Waals surface area (Å²) >= 11 is 0. The molecule has 13 heteroatoms. The van der Waals surface area contributed by atoms with Gasteiger partial charge >= 0.3 is 6.18 Å². The minimum atomic E-state index is -4.46. The fraction of sp³-hybridized carbons (Fsp3) is 0.393. The summed E-state index contributed by atoms with van der Waals surface area (Å²) in [5, 5.41) is 10.3. The molecule has 1 amide bonds. The van der Waals surface area contributed by atoms with Crippen molar-refractivity contribution in [1.29, 1.82) is 0 Å². The SMILES string of the molecule is CC1(Cn2cc(Cc3ncc(-c4ccc(CC(=O)Nc5cc(C6(C(F)(F)F)CC6)on5)c(F)c4)cn3)cn2)COC1. The lowest BCUT2D eigenvalue weighted by Crippen LogP contribution is -2.43. The van der Waals surface area contributed by atoms with Crippen LogP contribution in [0.1, 0.15) is 42.5 Å². The van der Waals surface area contributed by atoms with Gasteiger partial charge in [-0.15, -0.1) is 0 Å². The standard InChI is InChI=1S/C28H26F4N6O3/c1-26(15-40-16-26)14-38-13-17(10-35-38)6-23-33-11-20(12-34-23)18-2-3-19(21(29)7-18)8-25(39)36-24-9-22(41-37-24)27(4-5-27)28(30,31)32/h2-3,7,9-13H,4-6,8,14-16H2,1H3,(H,36,37,39). The molecular weight excluding hydrogens is 544 g/mol. The molecule has 0 bridgehead atoms. The lowest BCUT2D eigenvalue weighted by molar-refractivity contribution is -0.165. The Hall–Kier alpha value is -4.13. The summed E-state index contributed by atoms with van der Waals surface area (Å²) in [5.74, 6) is -1.15. The number of carbonyl (C=O) groups is 1. The number of amides is 1. The average molecular weight is 571 g/mol. The van der Waals surface area contributed by atoms with Crippen LogP contribution in [-0.4, -0.2) is 50.2 Å². The van der Waals surface area contributed by atoms with Gasteiger partial charge in [-0.2, -0.15) is 18.3 Å². The first-order valence-electron chi connectivity index (χ1n) is 13.0. The van der Waals surface area contributed by atoms with Gasteiger partial charge in [0.05, 0.1) is 32.4 Å². The normalized spacial score (nSPS) is 17.2. The van der Waals surface area contributed by atoms with E-state index >= 15 is 0 Å². The third kappa shape index (κ3) is 5.58. The van der Waals surface area contributed by atoms with E-state index in [1.165, 1.54) is 12.1 Å². The first-order chi connectivity index (χ1) is 19.5. The summed E-state index contributed by atoms with van der Waals surface area (Å²) in [6.45, 7) is 4.38. The molecule has 2 fully saturated rings. The Kier molecular flexibility index (Phi) is 6.63. The Bertz CT molecular complexity index is 1570. The second kappa shape index (κ2) is 10.1. The Morgan fingerprint density at radius 1 is 1.10 bits per heavy atom. The van der Waals surface area contributed by atoms with Crippen LogP contribution in [0.4, 0.5) is 23.4 Å². The maximum atomic E-state index is 14.9. The summed E-state index contributed by atoms with van der Waals surface area (Å²) in [6.07, 6.45) is 2.49. The molecule has 1 aliphatic heterocycles. The smallest absolute Gasteiger partial charge is 0.380 e. The minimum Gasteiger partial charge on any atom is -0.380 e. The fourth-order valence-corrected chi connectivity index (χ4v) is 4.88. The predicted molar refractivity (Wildman–Crippen MR) is 137 cm³/mol. The Morgan fingerprint density at radius 3 is 2.49 bits per heavy atom. The van der Waals surface area contributed by atoms with Crippen molar-refractivity contribution in [2.45, 2.75) is 50.7 Å². The van der Waals surface area contributed by atoms with E-state index in [0.717, 1.165) is 31.4 Å². The Balaban J connectivity index is 1.05. The molecule has 4 heterocycles. The van der Waals surface area contributed by atoms with E-state index in [1.807, 2.05) is 10.9 Å². The number of nitrogens with zero attached hydrogens (tertiary/aromatic N) is 5. The van der Waals surface area contributed by atoms with Crippen LogP contribution in [0.2, 0.25) is 0 Å². The molecule has 1 N–H and O–H groups in total. The molecule has 41 heavy (non-hydrogen) atoms. The van der Waals surface area contributed by atoms with Crippen molar-refractivity contribution in [3.63, 3.8) is 0 Å². The first kappa shape index (κ1) is 27.1. The number of anilines is 1. The molecule has 3 aromatic heterocycles. The molecule has 1 aliphatic carbocycles. The Morgan fingerprint density at radius 2 is 1.85 bits per heavy atom. The number of aromatic nitrogens is 5. The summed E-state index contributed by atoms with van der Waals surface area (Å²) in [5.41, 5.74) is 0.289. The van der Waals surface area contributed by atoms with Gasteiger partial charge in [-0.25, -0.2) is 14.4 Å². The summed E-state index contributed by atoms with van der Waals surface area (Å²) in [4.78, 5) is 21.2. The van der Waals surface area contributed by atoms with E-state index in [9.17, 15) is 22.4 Å². The Labute approximate surface area is 231 Å². The molecule has 0 radical (unpaired) electrons. The number of hydrogen-bond acceptors (Lipinski definition) is 7. The van der Waals surface area contributed by atoms with E-state index in [1.54, 1.807) is 24.7 Å². The van der Waals surface area contributed by atoms with Gasteiger partial charge in [0.1, 0.15) is 17.1 Å². The number of halogens is 4. The highest BCUT2D eigenvalue weighted by Crippen LogP contribution is 2.59. The van der Waals surface area contributed by atoms with E-state index in [-0.39, 0.29) is 41.8 Å². The number of ether oxygens (including phenoxy) is 1. The number of nitrogens with one attached hydrogen (secondary N) is 1. The predicted octanol–water partition coefficient (Wildman–Crippen LogP) is 4.87. The van der Waals surface area contributed by atoms with Crippen LogP contribution in [0, 0.1) is 11.2 Å². The number of benzene rings is 1. The average Bonchev–Trinajstić information content (AvgIpc) is 3.43. The molecule has 0 unspecified atom stereocenters. The highest BCUT2D eigenvalue weighted by molar-refractivity contribution is 5.91. The van der Waals surface area contributed by atoms with Crippen LogP contribution in [-0.2, 0) is 34.3 Å². The van der Waals surface area contributed by atoms with Crippen LogP contribution < -0.4 is 5.32 Å². The van der Waals surface area contributed by atoms with Crippen molar-refractivity contribution in [3.8, 4) is 11.1 Å². The highest BCUT2D eigenvalue weighted by Gasteiger charge is 2.66. The van der Waals surface area contributed by atoms with Crippen LogP contribution in [0.5, 0.6) is 0 Å². The lowest BCUT2D eigenvalue weighted by atomic mass is 9.89. The monoisotopic (exact) mass is 570 g/mol. The van der Waals surface area contributed by atoms with Crippen molar-refractivity contribution in [2.24, 2.45) is 5.41 Å². The van der Waals surface area contributed by atoms with Crippen molar-refractivity contribution >= 4 is 11.7 Å². The summed E-state index contributed by atoms with van der Waals surface area (Å²) in [7, 11) is 0. The third-order valence-corrected chi connectivity index (χ3v) is 7.48. The maximum Gasteiger partial charge on any atom is 0.401 e. The van der Waals surface area contributed by atoms with Gasteiger partial charge in [0.15, 0.2) is 11.6 Å². The van der Waals surface area contributed by atoms with E-state index in [4.69, 9.17) is 9.26 Å². The number of hydrogen-bond donors (Lipinski definition) is 1. The maximum absolute atomic E-state index is 14.9. The number of carbonyl (C=O) groups excluding carboxylic acids is 1. The largest absolute Gasteiger partial charge is 0.401 e. The number of alkyl halides is 3. The molecule has 1 aromatic carbocycles. The molecule has 214 valence electrons. The molecule has 4 aromatic rings. The van der Waals surface area contributed by atoms with Gasteiger partial charge in [-0.3, -0.25) is 9.48 Å². The topological polar surface area (TPSA) is 108 Å². The van der Waals surface area contributed by atoms with Crippen LogP contribution >= 0.6 is 0 Å². The van der Waals surface area contributed by atoms with Gasteiger partial charge < -0.3 is 14.6 Å². The second-order valence-electron chi connectivity index (χ2n) is 11.1. The third-order valence-electron chi connectivity index (χ3n) is 7.48. The van der Waals surface area contributed by atoms with Crippen molar-refractivity contribution in [3.05, 3.63) is 77.6 Å². The number of rotatable bonds is 9. The van der Waals surface area contributed by atoms with Crippen LogP contribution in [0.25, 0.3) is 11.1 Å². The van der Waals surface area contributed by atoms with Gasteiger partial charge in [-0.1, -0.05) is 24.2 Å². The van der Waals surface area contributed by atoms with Gasteiger partial charge in [-0.05, 0) is 35.6 Å². The van der Waals surface area contributed by atoms with Crippen LogP contribution in [0.3, 0.4) is 0 Å². The first-order valence-corrected chi connectivity index (χ1v) is 13.0. The molecule has 6 rings (SSSR count). The molecule has 1 saturated heterocycles. The molecule has 0 atom stereocenters. The quantitative estimate of drug-likeness (QED) is 0.286. The summed E-state index contributed by atoms with van der Waals surface area (Å²) < 4.78 is 66.7. The van der Waals surface area contributed by atoms with E-state index < -0.39 is 23.3 Å². The van der Waals surface area contributed by atoms with Gasteiger partial charge in [0.25, 0.3) is 0 Å². The molecule has 0 spiro atoms. The zero-order valence-corrected chi connectivity index (χ0v) is 22.0. The van der Waals surface area contributed by atoms with E-state index in [0.29, 0.717) is 23.4 Å². The fourth-order valence-electron chi connectivity index (χ4n) is 4.88. The summed E-state index contributed by atoms with van der Waals surface area (Å²) in [6, 6.07) is 5.47. The van der Waals surface area contributed by atoms with Crippen LogP contribution in [0.15, 0.2) is 53.6 Å². The van der Waals surface area contributed by atoms with Gasteiger partial charge in [0, 0.05) is 42.1 Å². The zero-order chi connectivity index (χ0) is 28.8. The molecule has 9 nitrogen and oxygen atoms in total. The second-order valence-corrected chi connectivity index (χ2v) is 11.1. The minimum absolute atomic E-state index is 0.0911. The zero-order valence-electron chi connectivity index (χ0n) is 22.0. The van der Waals surface area contributed by atoms with Crippen molar-refractivity contribution in [2.75, 3.05) is 18.5 Å². The highest BCUT2D eigenvalue weighted by atomic mass is 19.4. The molecular formula is C28H26F4N6O3.